The Kier molecular flexibility index (Phi) is 7.98. The van der Waals surface area contributed by atoms with E-state index in [1.807, 2.05) is 0 Å². The summed E-state index contributed by atoms with van der Waals surface area (Å²) in [6.45, 7) is 10.3. The van der Waals surface area contributed by atoms with Gasteiger partial charge in [0.15, 0.2) is 0 Å². The van der Waals surface area contributed by atoms with Gasteiger partial charge < -0.3 is 9.84 Å². The maximum absolute atomic E-state index is 13.2. The third-order valence-electron chi connectivity index (χ3n) is 4.23. The topological polar surface area (TPSA) is 32.7 Å². The first-order chi connectivity index (χ1) is 12.5. The predicted octanol–water partition coefficient (Wildman–Crippen LogP) is 4.01. The molecule has 0 aliphatic rings. The summed E-state index contributed by atoms with van der Waals surface area (Å²) in [6.07, 6.45) is 1.07. The van der Waals surface area contributed by atoms with Crippen LogP contribution in [0.25, 0.3) is 0 Å². The van der Waals surface area contributed by atoms with Gasteiger partial charge in [0.2, 0.25) is 0 Å². The third-order valence-corrected chi connectivity index (χ3v) is 4.23. The van der Waals surface area contributed by atoms with E-state index in [0.29, 0.717) is 26.2 Å². The summed E-state index contributed by atoms with van der Waals surface area (Å²) in [4.78, 5) is 2.16. The van der Waals surface area contributed by atoms with Gasteiger partial charge in [0.05, 0.1) is 19.3 Å². The van der Waals surface area contributed by atoms with Gasteiger partial charge >= 0.3 is 0 Å². The van der Waals surface area contributed by atoms with Gasteiger partial charge in [0, 0.05) is 19.6 Å². The largest absolute Gasteiger partial charge is 0.389 e. The lowest BCUT2D eigenvalue weighted by molar-refractivity contribution is 0.0228. The van der Waals surface area contributed by atoms with Crippen molar-refractivity contribution in [2.24, 2.45) is 0 Å². The normalized spacial score (nSPS) is 12.3. The van der Waals surface area contributed by atoms with Crippen LogP contribution in [0.5, 0.6) is 0 Å². The Morgan fingerprint density at radius 3 is 2.54 bits per heavy atom. The number of nitrogens with zero attached hydrogens (tertiary/aromatic N) is 1. The Morgan fingerprint density at radius 1 is 1.15 bits per heavy atom. The number of halogens is 1. The van der Waals surface area contributed by atoms with Gasteiger partial charge in [-0.3, -0.25) is 4.90 Å². The maximum atomic E-state index is 13.2. The molecule has 0 fully saturated rings. The number of aliphatic hydroxyl groups excluding tert-OH is 1. The molecule has 2 aromatic carbocycles. The number of rotatable bonds is 10. The van der Waals surface area contributed by atoms with Gasteiger partial charge in [-0.15, -0.1) is 6.58 Å². The lowest BCUT2D eigenvalue weighted by Crippen LogP contribution is -2.34. The van der Waals surface area contributed by atoms with Crippen molar-refractivity contribution in [1.29, 1.82) is 0 Å². The molecule has 0 aliphatic heterocycles. The molecule has 0 radical (unpaired) electrons. The molecule has 1 unspecified atom stereocenters. The molecule has 1 atom stereocenters. The van der Waals surface area contributed by atoms with Gasteiger partial charge in [0.1, 0.15) is 5.82 Å². The second-order valence-electron chi connectivity index (χ2n) is 6.71. The van der Waals surface area contributed by atoms with Crippen molar-refractivity contribution >= 4 is 0 Å². The van der Waals surface area contributed by atoms with E-state index in [2.05, 4.69) is 43.5 Å². The molecule has 3 nitrogen and oxygen atoms in total. The zero-order valence-corrected chi connectivity index (χ0v) is 15.6. The molecule has 0 spiro atoms. The highest BCUT2D eigenvalue weighted by atomic mass is 19.1. The molecule has 26 heavy (non-hydrogen) atoms. The summed E-state index contributed by atoms with van der Waals surface area (Å²) in [5, 5.41) is 10.3. The van der Waals surface area contributed by atoms with Crippen molar-refractivity contribution in [2.75, 3.05) is 19.8 Å². The molecule has 0 bridgehead atoms. The van der Waals surface area contributed by atoms with Crippen LogP contribution < -0.4 is 0 Å². The first-order valence-corrected chi connectivity index (χ1v) is 8.87. The average molecular weight is 357 g/mol. The summed E-state index contributed by atoms with van der Waals surface area (Å²) in [5.41, 5.74) is 4.69. The zero-order valence-electron chi connectivity index (χ0n) is 15.6. The predicted molar refractivity (Wildman–Crippen MR) is 103 cm³/mol. The van der Waals surface area contributed by atoms with Gasteiger partial charge in [-0.1, -0.05) is 42.0 Å². The second kappa shape index (κ2) is 10.2. The van der Waals surface area contributed by atoms with Crippen LogP contribution in [-0.2, 0) is 17.8 Å². The number of aryl methyl sites for hydroxylation is 2. The van der Waals surface area contributed by atoms with Crippen molar-refractivity contribution in [2.45, 2.75) is 33.0 Å². The van der Waals surface area contributed by atoms with Crippen molar-refractivity contribution < 1.29 is 14.2 Å². The fourth-order valence-electron chi connectivity index (χ4n) is 2.94. The third kappa shape index (κ3) is 6.71. The summed E-state index contributed by atoms with van der Waals surface area (Å²) in [7, 11) is 0. The fourth-order valence-corrected chi connectivity index (χ4v) is 2.94. The highest BCUT2D eigenvalue weighted by Gasteiger charge is 2.14. The van der Waals surface area contributed by atoms with Crippen LogP contribution in [0.2, 0.25) is 0 Å². The number of benzene rings is 2. The zero-order chi connectivity index (χ0) is 18.9. The molecule has 2 aromatic rings. The Labute approximate surface area is 155 Å². The minimum Gasteiger partial charge on any atom is -0.389 e. The van der Waals surface area contributed by atoms with E-state index in [1.54, 1.807) is 18.2 Å². The summed E-state index contributed by atoms with van der Waals surface area (Å²) < 4.78 is 18.5. The average Bonchev–Trinajstić information content (AvgIpc) is 2.59. The van der Waals surface area contributed by atoms with Crippen LogP contribution in [0.4, 0.5) is 4.39 Å². The molecule has 0 amide bonds. The molecule has 0 aromatic heterocycles. The molecule has 1 N–H and O–H groups in total. The summed E-state index contributed by atoms with van der Waals surface area (Å²) in [5.74, 6) is -0.243. The molecule has 140 valence electrons. The van der Waals surface area contributed by atoms with Crippen LogP contribution in [0.15, 0.2) is 55.1 Å². The SMILES string of the molecule is C=CCOCC(O)CN(Cc1ccc(F)cc1)Cc1ccc(C)cc1C. The molecule has 0 saturated carbocycles. The van der Waals surface area contributed by atoms with E-state index in [4.69, 9.17) is 4.74 Å². The van der Waals surface area contributed by atoms with Crippen molar-refractivity contribution in [3.05, 3.63) is 83.2 Å². The van der Waals surface area contributed by atoms with E-state index >= 15 is 0 Å². The highest BCUT2D eigenvalue weighted by Crippen LogP contribution is 2.16. The van der Waals surface area contributed by atoms with Gasteiger partial charge in [-0.05, 0) is 42.7 Å². The molecule has 0 aliphatic carbocycles. The van der Waals surface area contributed by atoms with Gasteiger partial charge in [-0.25, -0.2) is 4.39 Å². The maximum Gasteiger partial charge on any atom is 0.123 e. The van der Waals surface area contributed by atoms with Crippen LogP contribution in [0, 0.1) is 19.7 Å². The van der Waals surface area contributed by atoms with Crippen LogP contribution in [0.3, 0.4) is 0 Å². The van der Waals surface area contributed by atoms with Gasteiger partial charge in [-0.2, -0.15) is 0 Å². The quantitative estimate of drug-likeness (QED) is 0.515. The van der Waals surface area contributed by atoms with Crippen LogP contribution in [-0.4, -0.2) is 35.9 Å². The number of hydrogen-bond acceptors (Lipinski definition) is 3. The monoisotopic (exact) mass is 357 g/mol. The first kappa shape index (κ1) is 20.3. The Hall–Kier alpha value is -2.01. The molecule has 4 heteroatoms. The lowest BCUT2D eigenvalue weighted by atomic mass is 10.0. The van der Waals surface area contributed by atoms with Crippen LogP contribution in [0.1, 0.15) is 22.3 Å². The molecule has 0 saturated heterocycles. The Bertz CT molecular complexity index is 700. The number of aliphatic hydroxyl groups is 1. The summed E-state index contributed by atoms with van der Waals surface area (Å²) in [6, 6.07) is 12.9. The minimum atomic E-state index is -0.596. The Balaban J connectivity index is 2.08. The molecule has 2 rings (SSSR count). The van der Waals surface area contributed by atoms with E-state index < -0.39 is 6.10 Å². The fraction of sp³-hybridized carbons (Fsp3) is 0.364. The second-order valence-corrected chi connectivity index (χ2v) is 6.71. The Morgan fingerprint density at radius 2 is 1.88 bits per heavy atom. The number of hydrogen-bond donors (Lipinski definition) is 1. The summed E-state index contributed by atoms with van der Waals surface area (Å²) >= 11 is 0. The van der Waals surface area contributed by atoms with E-state index in [0.717, 1.165) is 5.56 Å². The van der Waals surface area contributed by atoms with E-state index in [9.17, 15) is 9.50 Å². The minimum absolute atomic E-state index is 0.243. The standard InChI is InChI=1S/C22H28FNO2/c1-4-11-26-16-22(25)15-24(13-19-6-9-21(23)10-7-19)14-20-8-5-17(2)12-18(20)3/h4-10,12,22,25H,1,11,13-16H2,2-3H3. The van der Waals surface area contributed by atoms with Crippen molar-refractivity contribution in [3.63, 3.8) is 0 Å². The smallest absolute Gasteiger partial charge is 0.123 e. The van der Waals surface area contributed by atoms with E-state index in [1.165, 1.54) is 28.8 Å². The first-order valence-electron chi connectivity index (χ1n) is 8.87. The van der Waals surface area contributed by atoms with Crippen molar-refractivity contribution in [1.82, 2.24) is 4.90 Å². The van der Waals surface area contributed by atoms with Crippen molar-refractivity contribution in [3.8, 4) is 0 Å². The lowest BCUT2D eigenvalue weighted by Gasteiger charge is -2.26. The highest BCUT2D eigenvalue weighted by molar-refractivity contribution is 5.30. The van der Waals surface area contributed by atoms with Crippen LogP contribution >= 0.6 is 0 Å². The van der Waals surface area contributed by atoms with E-state index in [-0.39, 0.29) is 12.4 Å². The molecular weight excluding hydrogens is 329 g/mol. The van der Waals surface area contributed by atoms with Gasteiger partial charge in [0.25, 0.3) is 0 Å². The molecule has 0 heterocycles. The molecular formula is C22H28FNO2. The number of ether oxygens (including phenoxy) is 1.